The molecule has 0 aromatic heterocycles. The first-order valence-corrected chi connectivity index (χ1v) is 8.20. The summed E-state index contributed by atoms with van der Waals surface area (Å²) in [6.45, 7) is 0. The molecule has 2 N–H and O–H groups in total. The Hall–Kier alpha value is -3.60. The summed E-state index contributed by atoms with van der Waals surface area (Å²) in [5.41, 5.74) is 2.66. The van der Waals surface area contributed by atoms with Gasteiger partial charge in [0.05, 0.1) is 17.1 Å². The van der Waals surface area contributed by atoms with E-state index in [9.17, 15) is 9.90 Å². The van der Waals surface area contributed by atoms with Crippen LogP contribution in [-0.4, -0.2) is 22.8 Å². The Balaban J connectivity index is 1.80. The van der Waals surface area contributed by atoms with Gasteiger partial charge in [-0.2, -0.15) is 0 Å². The van der Waals surface area contributed by atoms with E-state index in [1.807, 2.05) is 54.6 Å². The van der Waals surface area contributed by atoms with E-state index in [2.05, 4.69) is 5.32 Å². The van der Waals surface area contributed by atoms with Crippen LogP contribution in [0.2, 0.25) is 0 Å². The summed E-state index contributed by atoms with van der Waals surface area (Å²) in [6, 6.07) is 23.1. The lowest BCUT2D eigenvalue weighted by molar-refractivity contribution is -0.120. The van der Waals surface area contributed by atoms with Crippen LogP contribution < -0.4 is 10.1 Å². The number of aromatic hydroxyl groups is 1. The fourth-order valence-corrected chi connectivity index (χ4v) is 2.78. The molecule has 0 fully saturated rings. The third-order valence-corrected chi connectivity index (χ3v) is 4.05. The van der Waals surface area contributed by atoms with Crippen molar-refractivity contribution in [3.63, 3.8) is 0 Å². The average molecular weight is 344 g/mol. The van der Waals surface area contributed by atoms with Gasteiger partial charge >= 0.3 is 0 Å². The molecular weight excluding hydrogens is 328 g/mol. The van der Waals surface area contributed by atoms with Crippen molar-refractivity contribution in [1.82, 2.24) is 0 Å². The number of phenols is 1. The predicted molar refractivity (Wildman–Crippen MR) is 100 cm³/mol. The Labute approximate surface area is 150 Å². The number of carbonyl (C=O) groups is 1. The minimum Gasteiger partial charge on any atom is -0.508 e. The van der Waals surface area contributed by atoms with Crippen molar-refractivity contribution in [1.29, 1.82) is 0 Å². The maximum absolute atomic E-state index is 12.9. The lowest BCUT2D eigenvalue weighted by Crippen LogP contribution is -2.39. The highest BCUT2D eigenvalue weighted by molar-refractivity contribution is 6.21. The Morgan fingerprint density at radius 2 is 1.58 bits per heavy atom. The summed E-state index contributed by atoms with van der Waals surface area (Å²) in [5.74, 6) is 0.301. The molecule has 0 aliphatic carbocycles. The molecule has 5 nitrogen and oxygen atoms in total. The molecule has 0 spiro atoms. The highest BCUT2D eigenvalue weighted by Crippen LogP contribution is 2.30. The maximum atomic E-state index is 12.9. The molecule has 1 amide bonds. The van der Waals surface area contributed by atoms with Gasteiger partial charge in [0, 0.05) is 5.56 Å². The number of amides is 1. The summed E-state index contributed by atoms with van der Waals surface area (Å²) >= 11 is 0. The van der Waals surface area contributed by atoms with Gasteiger partial charge in [0.15, 0.2) is 0 Å². The molecule has 4 rings (SSSR count). The molecule has 1 atom stereocenters. The molecule has 5 heteroatoms. The van der Waals surface area contributed by atoms with Crippen LogP contribution in [0.4, 0.5) is 11.4 Å². The van der Waals surface area contributed by atoms with E-state index < -0.39 is 6.10 Å². The van der Waals surface area contributed by atoms with Gasteiger partial charge in [-0.1, -0.05) is 42.5 Å². The van der Waals surface area contributed by atoms with Gasteiger partial charge in [-0.3, -0.25) is 4.79 Å². The highest BCUT2D eigenvalue weighted by Gasteiger charge is 2.31. The number of rotatable bonds is 3. The monoisotopic (exact) mass is 344 g/mol. The number of aliphatic imine (C=N–C) groups is 1. The minimum atomic E-state index is -0.922. The number of hydrogen-bond donors (Lipinski definition) is 2. The van der Waals surface area contributed by atoms with E-state index in [0.717, 1.165) is 5.56 Å². The number of ether oxygens (including phenoxy) is 1. The zero-order valence-electron chi connectivity index (χ0n) is 13.8. The molecule has 3 aromatic carbocycles. The van der Waals surface area contributed by atoms with Crippen LogP contribution in [0.5, 0.6) is 11.5 Å². The lowest BCUT2D eigenvalue weighted by atomic mass is 10.0. The smallest absolute Gasteiger partial charge is 0.271 e. The molecule has 0 saturated heterocycles. The summed E-state index contributed by atoms with van der Waals surface area (Å²) in [6.07, 6.45) is -0.922. The summed E-state index contributed by atoms with van der Waals surface area (Å²) < 4.78 is 5.95. The van der Waals surface area contributed by atoms with E-state index in [-0.39, 0.29) is 11.7 Å². The molecule has 26 heavy (non-hydrogen) atoms. The van der Waals surface area contributed by atoms with Crippen LogP contribution in [0.25, 0.3) is 0 Å². The number of nitrogens with one attached hydrogen (secondary N) is 1. The number of nitrogens with zero attached hydrogens (tertiary/aromatic N) is 1. The van der Waals surface area contributed by atoms with Crippen molar-refractivity contribution in [3.05, 3.63) is 84.4 Å². The molecule has 0 radical (unpaired) electrons. The fourth-order valence-electron chi connectivity index (χ4n) is 2.78. The fraction of sp³-hybridized carbons (Fsp3) is 0.0476. The Bertz CT molecular complexity index is 966. The van der Waals surface area contributed by atoms with Gasteiger partial charge < -0.3 is 15.2 Å². The number of para-hydroxylation sites is 2. The van der Waals surface area contributed by atoms with Crippen molar-refractivity contribution in [2.75, 3.05) is 5.32 Å². The molecular formula is C21H16N2O3. The topological polar surface area (TPSA) is 70.9 Å². The van der Waals surface area contributed by atoms with Gasteiger partial charge in [0.1, 0.15) is 11.5 Å². The first-order valence-electron chi connectivity index (χ1n) is 8.20. The van der Waals surface area contributed by atoms with Gasteiger partial charge in [-0.25, -0.2) is 4.99 Å². The van der Waals surface area contributed by atoms with Crippen LogP contribution in [0.1, 0.15) is 5.56 Å². The molecule has 0 bridgehead atoms. The average Bonchev–Trinajstić information content (AvgIpc) is 2.81. The van der Waals surface area contributed by atoms with Gasteiger partial charge in [0.2, 0.25) is 6.10 Å². The van der Waals surface area contributed by atoms with Crippen LogP contribution in [0.15, 0.2) is 83.9 Å². The second-order valence-electron chi connectivity index (χ2n) is 5.86. The van der Waals surface area contributed by atoms with E-state index in [0.29, 0.717) is 22.8 Å². The van der Waals surface area contributed by atoms with Gasteiger partial charge in [-0.15, -0.1) is 0 Å². The summed E-state index contributed by atoms with van der Waals surface area (Å²) in [4.78, 5) is 17.6. The summed E-state index contributed by atoms with van der Waals surface area (Å²) in [5, 5.41) is 12.3. The molecule has 0 saturated carbocycles. The van der Waals surface area contributed by atoms with Crippen LogP contribution in [0, 0.1) is 0 Å². The quantitative estimate of drug-likeness (QED) is 0.757. The first kappa shape index (κ1) is 15.9. The van der Waals surface area contributed by atoms with E-state index >= 15 is 0 Å². The lowest BCUT2D eigenvalue weighted by Gasteiger charge is -2.19. The van der Waals surface area contributed by atoms with Gasteiger partial charge in [0.25, 0.3) is 5.91 Å². The molecule has 1 aliphatic heterocycles. The SMILES string of the molecule is O=C1Nc2ccccc2N=C(c2ccccc2)C1Oc1ccc(O)cc1. The minimum absolute atomic E-state index is 0.132. The van der Waals surface area contributed by atoms with Crippen molar-refractivity contribution in [2.24, 2.45) is 4.99 Å². The summed E-state index contributed by atoms with van der Waals surface area (Å²) in [7, 11) is 0. The number of anilines is 1. The number of hydrogen-bond acceptors (Lipinski definition) is 4. The Kier molecular flexibility index (Phi) is 4.11. The van der Waals surface area contributed by atoms with E-state index in [4.69, 9.17) is 9.73 Å². The van der Waals surface area contributed by atoms with Gasteiger partial charge in [-0.05, 0) is 36.4 Å². The second-order valence-corrected chi connectivity index (χ2v) is 5.86. The molecule has 128 valence electrons. The third-order valence-electron chi connectivity index (χ3n) is 4.05. The number of carbonyl (C=O) groups excluding carboxylic acids is 1. The third kappa shape index (κ3) is 3.15. The molecule has 1 unspecified atom stereocenters. The zero-order chi connectivity index (χ0) is 17.9. The van der Waals surface area contributed by atoms with Crippen molar-refractivity contribution in [3.8, 4) is 11.5 Å². The van der Waals surface area contributed by atoms with Crippen molar-refractivity contribution >= 4 is 23.0 Å². The second kappa shape index (κ2) is 6.72. The zero-order valence-corrected chi connectivity index (χ0v) is 13.8. The Morgan fingerprint density at radius 1 is 0.885 bits per heavy atom. The number of phenolic OH excluding ortho intramolecular Hbond substituents is 1. The number of benzene rings is 3. The standard InChI is InChI=1S/C21H16N2O3/c24-15-10-12-16(13-11-15)26-20-19(14-6-2-1-3-7-14)22-17-8-4-5-9-18(17)23-21(20)25/h1-13,20,24H,(H,23,25). The van der Waals surface area contributed by atoms with Crippen molar-refractivity contribution < 1.29 is 14.6 Å². The van der Waals surface area contributed by atoms with E-state index in [1.54, 1.807) is 12.1 Å². The van der Waals surface area contributed by atoms with Crippen LogP contribution >= 0.6 is 0 Å². The molecule has 1 aliphatic rings. The molecule has 1 heterocycles. The Morgan fingerprint density at radius 3 is 2.35 bits per heavy atom. The number of fused-ring (bicyclic) bond motifs is 1. The largest absolute Gasteiger partial charge is 0.508 e. The molecule has 3 aromatic rings. The first-order chi connectivity index (χ1) is 12.7. The van der Waals surface area contributed by atoms with Crippen LogP contribution in [-0.2, 0) is 4.79 Å². The van der Waals surface area contributed by atoms with E-state index in [1.165, 1.54) is 12.1 Å². The maximum Gasteiger partial charge on any atom is 0.271 e. The normalized spacial score (nSPS) is 16.1. The predicted octanol–water partition coefficient (Wildman–Crippen LogP) is 3.91. The highest BCUT2D eigenvalue weighted by atomic mass is 16.5. The van der Waals surface area contributed by atoms with Crippen molar-refractivity contribution in [2.45, 2.75) is 6.10 Å². The van der Waals surface area contributed by atoms with Crippen LogP contribution in [0.3, 0.4) is 0 Å².